The van der Waals surface area contributed by atoms with Crippen molar-refractivity contribution in [2.24, 2.45) is 0 Å². The van der Waals surface area contributed by atoms with Crippen molar-refractivity contribution in [2.45, 2.75) is 26.4 Å². The van der Waals surface area contributed by atoms with E-state index in [4.69, 9.17) is 19.0 Å². The molecule has 1 amide bonds. The van der Waals surface area contributed by atoms with Crippen LogP contribution in [-0.2, 0) is 16.0 Å². The Bertz CT molecular complexity index is 1570. The van der Waals surface area contributed by atoms with Crippen LogP contribution in [0.25, 0.3) is 33.5 Å². The summed E-state index contributed by atoms with van der Waals surface area (Å²) in [5.41, 5.74) is 5.32. The molecule has 1 unspecified atom stereocenters. The minimum Gasteiger partial charge on any atom is -0.481 e. The normalized spacial score (nSPS) is 11.8. The summed E-state index contributed by atoms with van der Waals surface area (Å²) in [6.45, 7) is 3.49. The van der Waals surface area contributed by atoms with Crippen molar-refractivity contribution in [3.63, 3.8) is 0 Å². The molecule has 0 aliphatic carbocycles. The van der Waals surface area contributed by atoms with Gasteiger partial charge in [-0.1, -0.05) is 65.8 Å². The second-order valence-electron chi connectivity index (χ2n) is 8.44. The number of hydrogen-bond donors (Lipinski definition) is 2. The Morgan fingerprint density at radius 3 is 2.32 bits per heavy atom. The number of carbonyl (C=O) groups is 2. The van der Waals surface area contributed by atoms with Gasteiger partial charge in [0.1, 0.15) is 28.5 Å². The van der Waals surface area contributed by atoms with E-state index in [2.05, 4.69) is 20.8 Å². The number of hydrogen-bond acceptors (Lipinski definition) is 8. The Morgan fingerprint density at radius 2 is 1.62 bits per heavy atom. The highest BCUT2D eigenvalue weighted by atomic mass is 16.6. The number of amides is 1. The fourth-order valence-corrected chi connectivity index (χ4v) is 4.04. The molecule has 3 aromatic carbocycles. The van der Waals surface area contributed by atoms with E-state index in [-0.39, 0.29) is 12.2 Å². The lowest BCUT2D eigenvalue weighted by Crippen LogP contribution is -2.16. The number of benzene rings is 3. The summed E-state index contributed by atoms with van der Waals surface area (Å²) in [5, 5.41) is 23.9. The molecular weight excluding hydrogens is 476 g/mol. The van der Waals surface area contributed by atoms with E-state index in [9.17, 15) is 9.59 Å². The molecule has 10 nitrogen and oxygen atoms in total. The smallest absolute Gasteiger partial charge is 0.412 e. The van der Waals surface area contributed by atoms with Crippen molar-refractivity contribution in [3.8, 4) is 22.5 Å². The first-order valence-electron chi connectivity index (χ1n) is 11.5. The predicted molar refractivity (Wildman–Crippen MR) is 134 cm³/mol. The van der Waals surface area contributed by atoms with E-state index >= 15 is 0 Å². The zero-order valence-electron chi connectivity index (χ0n) is 20.0. The van der Waals surface area contributed by atoms with Crippen LogP contribution in [0.2, 0.25) is 0 Å². The molecule has 37 heavy (non-hydrogen) atoms. The number of nitrogens with zero attached hydrogens (tertiary/aromatic N) is 3. The molecule has 0 bridgehead atoms. The lowest BCUT2D eigenvalue weighted by Gasteiger charge is -2.14. The lowest BCUT2D eigenvalue weighted by molar-refractivity contribution is -0.136. The van der Waals surface area contributed by atoms with Gasteiger partial charge < -0.3 is 14.4 Å². The van der Waals surface area contributed by atoms with Crippen molar-refractivity contribution in [3.05, 3.63) is 83.6 Å². The van der Waals surface area contributed by atoms with E-state index in [0.717, 1.165) is 16.7 Å². The largest absolute Gasteiger partial charge is 0.481 e. The topological polar surface area (TPSA) is 141 Å². The summed E-state index contributed by atoms with van der Waals surface area (Å²) in [5.74, 6) is -0.615. The van der Waals surface area contributed by atoms with Gasteiger partial charge in [0.05, 0.1) is 12.0 Å². The van der Waals surface area contributed by atoms with Gasteiger partial charge in [0, 0.05) is 5.56 Å². The third-order valence-corrected chi connectivity index (χ3v) is 5.92. The van der Waals surface area contributed by atoms with E-state index in [1.165, 1.54) is 0 Å². The molecule has 5 rings (SSSR count). The first-order valence-corrected chi connectivity index (χ1v) is 11.5. The third kappa shape index (κ3) is 4.90. The summed E-state index contributed by atoms with van der Waals surface area (Å²) in [6, 6.07) is 20.1. The van der Waals surface area contributed by atoms with Gasteiger partial charge in [0.15, 0.2) is 5.76 Å². The first-order chi connectivity index (χ1) is 17.9. The number of carboxylic acids is 1. The molecule has 2 N–H and O–H groups in total. The van der Waals surface area contributed by atoms with Crippen molar-refractivity contribution < 1.29 is 28.6 Å². The van der Waals surface area contributed by atoms with Gasteiger partial charge in [0.2, 0.25) is 0 Å². The number of carbonyl (C=O) groups excluding carboxylic acids is 1. The van der Waals surface area contributed by atoms with Crippen LogP contribution in [0.1, 0.15) is 29.8 Å². The highest BCUT2D eigenvalue weighted by Gasteiger charge is 2.24. The van der Waals surface area contributed by atoms with Crippen molar-refractivity contribution >= 4 is 28.8 Å². The summed E-state index contributed by atoms with van der Waals surface area (Å²) in [6.07, 6.45) is -1.18. The Balaban J connectivity index is 1.43. The van der Waals surface area contributed by atoms with Crippen LogP contribution in [-0.4, -0.2) is 32.6 Å². The van der Waals surface area contributed by atoms with E-state index in [0.29, 0.717) is 33.5 Å². The maximum absolute atomic E-state index is 12.7. The average Bonchev–Trinajstić information content (AvgIpc) is 3.52. The van der Waals surface area contributed by atoms with Gasteiger partial charge in [-0.3, -0.25) is 10.1 Å². The molecule has 1 atom stereocenters. The molecule has 0 saturated heterocycles. The van der Waals surface area contributed by atoms with Crippen LogP contribution < -0.4 is 5.32 Å². The molecular formula is C27H22N4O6. The van der Waals surface area contributed by atoms with Gasteiger partial charge in [-0.25, -0.2) is 9.42 Å². The van der Waals surface area contributed by atoms with E-state index in [1.807, 2.05) is 48.5 Å². The van der Waals surface area contributed by atoms with Crippen LogP contribution >= 0.6 is 0 Å². The molecule has 0 saturated carbocycles. The highest BCUT2D eigenvalue weighted by Crippen LogP contribution is 2.38. The van der Waals surface area contributed by atoms with Crippen LogP contribution in [0.5, 0.6) is 0 Å². The summed E-state index contributed by atoms with van der Waals surface area (Å²) in [7, 11) is 0. The van der Waals surface area contributed by atoms with Crippen molar-refractivity contribution in [1.29, 1.82) is 0 Å². The molecule has 2 heterocycles. The van der Waals surface area contributed by atoms with Crippen LogP contribution in [0.4, 0.5) is 10.5 Å². The van der Waals surface area contributed by atoms with Gasteiger partial charge in [-0.2, -0.15) is 0 Å². The number of aliphatic carboxylic acids is 1. The van der Waals surface area contributed by atoms with Gasteiger partial charge in [-0.05, 0) is 46.9 Å². The minimum atomic E-state index is -0.898. The van der Waals surface area contributed by atoms with Crippen LogP contribution in [0, 0.1) is 6.92 Å². The SMILES string of the molecule is Cc1noc(-c2ccc(-c3ccc(CC(=O)O)cc3)c3nonc23)c1NC(=O)OC(C)c1ccccc1. The minimum absolute atomic E-state index is 0.0622. The number of anilines is 1. The van der Waals surface area contributed by atoms with Crippen LogP contribution in [0.15, 0.2) is 75.9 Å². The number of aromatic nitrogens is 3. The van der Waals surface area contributed by atoms with E-state index in [1.54, 1.807) is 32.0 Å². The zero-order valence-corrected chi connectivity index (χ0v) is 20.0. The summed E-state index contributed by atoms with van der Waals surface area (Å²) in [4.78, 5) is 23.7. The molecule has 0 aliphatic rings. The molecule has 0 aliphatic heterocycles. The fourth-order valence-electron chi connectivity index (χ4n) is 4.04. The third-order valence-electron chi connectivity index (χ3n) is 5.92. The Hall–Kier alpha value is -4.99. The second-order valence-corrected chi connectivity index (χ2v) is 8.44. The summed E-state index contributed by atoms with van der Waals surface area (Å²) >= 11 is 0. The lowest BCUT2D eigenvalue weighted by atomic mass is 9.98. The van der Waals surface area contributed by atoms with Crippen LogP contribution in [0.3, 0.4) is 0 Å². The number of fused-ring (bicyclic) bond motifs is 1. The Labute approximate surface area is 210 Å². The van der Waals surface area contributed by atoms with E-state index < -0.39 is 18.2 Å². The molecule has 0 spiro atoms. The molecule has 2 aromatic heterocycles. The zero-order chi connectivity index (χ0) is 25.9. The predicted octanol–water partition coefficient (Wildman–Crippen LogP) is 5.79. The van der Waals surface area contributed by atoms with Crippen molar-refractivity contribution in [2.75, 3.05) is 5.32 Å². The molecule has 5 aromatic rings. The highest BCUT2D eigenvalue weighted by molar-refractivity contribution is 6.02. The number of nitrogens with one attached hydrogen (secondary N) is 1. The Kier molecular flexibility index (Phi) is 6.38. The number of ether oxygens (including phenoxy) is 1. The monoisotopic (exact) mass is 498 g/mol. The molecule has 186 valence electrons. The maximum atomic E-state index is 12.7. The number of rotatable bonds is 7. The molecule has 0 radical (unpaired) electrons. The maximum Gasteiger partial charge on any atom is 0.412 e. The number of aryl methyl sites for hydroxylation is 1. The quantitative estimate of drug-likeness (QED) is 0.285. The molecule has 10 heteroatoms. The second kappa shape index (κ2) is 9.94. The van der Waals surface area contributed by atoms with Gasteiger partial charge in [0.25, 0.3) is 0 Å². The summed E-state index contributed by atoms with van der Waals surface area (Å²) < 4.78 is 16.1. The molecule has 0 fully saturated rings. The fraction of sp³-hybridized carbons (Fsp3) is 0.148. The van der Waals surface area contributed by atoms with Gasteiger partial charge in [-0.15, -0.1) is 0 Å². The Morgan fingerprint density at radius 1 is 0.946 bits per heavy atom. The standard InChI is InChI=1S/C27H22N4O6/c1-15-23(28-27(34)35-16(2)18-6-4-3-5-7-18)26(36-29-15)21-13-12-20(24-25(21)31-37-30-24)19-10-8-17(9-11-19)14-22(32)33/h3-13,16H,14H2,1-2H3,(H,28,34)(H,32,33). The van der Waals surface area contributed by atoms with Crippen molar-refractivity contribution in [1.82, 2.24) is 15.5 Å². The first kappa shape index (κ1) is 23.7. The number of carboxylic acid groups (broad SMARTS) is 1. The average molecular weight is 498 g/mol. The van der Waals surface area contributed by atoms with Gasteiger partial charge >= 0.3 is 12.1 Å².